The predicted octanol–water partition coefficient (Wildman–Crippen LogP) is 9.28. The number of phosphoric ester groups is 1. The fourth-order valence-electron chi connectivity index (χ4n) is 4.90. The number of carboxylic acid groups (broad SMARTS) is 1. The Hall–Kier alpha value is -2.30. The van der Waals surface area contributed by atoms with Gasteiger partial charge in [0.2, 0.25) is 0 Å². The third-order valence-electron chi connectivity index (χ3n) is 7.90. The van der Waals surface area contributed by atoms with Gasteiger partial charge in [-0.2, -0.15) is 0 Å². The molecule has 3 atom stereocenters. The lowest BCUT2D eigenvalue weighted by Gasteiger charge is -2.20. The van der Waals surface area contributed by atoms with Crippen LogP contribution in [0.2, 0.25) is 0 Å². The minimum absolute atomic E-state index is 0.127. The third-order valence-corrected chi connectivity index (χ3v) is 8.85. The molecule has 0 aromatic rings. The Morgan fingerprint density at radius 2 is 1.12 bits per heavy atom. The highest BCUT2D eigenvalue weighted by Crippen LogP contribution is 2.43. The molecule has 0 aromatic carbocycles. The molecule has 0 rings (SSSR count). The number of unbranched alkanes of at least 4 members (excludes halogenated alkanes) is 15. The van der Waals surface area contributed by atoms with Gasteiger partial charge in [-0.1, -0.05) is 134 Å². The van der Waals surface area contributed by atoms with Crippen molar-refractivity contribution < 1.29 is 47.5 Å². The lowest BCUT2D eigenvalue weighted by Crippen LogP contribution is -2.34. The summed E-state index contributed by atoms with van der Waals surface area (Å²) in [6, 6.07) is -1.52. The van der Waals surface area contributed by atoms with E-state index in [1.807, 2.05) is 0 Å². The molecule has 0 bridgehead atoms. The maximum atomic E-state index is 12.5. The molecular weight excluding hydrogens is 661 g/mol. The fourth-order valence-corrected chi connectivity index (χ4v) is 5.68. The Morgan fingerprint density at radius 3 is 1.68 bits per heavy atom. The molecule has 0 radical (unpaired) electrons. The molecule has 0 spiro atoms. The topological polar surface area (TPSA) is 172 Å². The number of carbonyl (C=O) groups is 3. The highest BCUT2D eigenvalue weighted by molar-refractivity contribution is 7.47. The van der Waals surface area contributed by atoms with Crippen LogP contribution >= 0.6 is 7.82 Å². The first-order valence-corrected chi connectivity index (χ1v) is 20.5. The zero-order valence-electron chi connectivity index (χ0n) is 31.0. The number of rotatable bonds is 35. The second-order valence-corrected chi connectivity index (χ2v) is 14.1. The van der Waals surface area contributed by atoms with Crippen LogP contribution < -0.4 is 5.73 Å². The molecule has 0 saturated heterocycles. The third kappa shape index (κ3) is 32.9. The van der Waals surface area contributed by atoms with Crippen molar-refractivity contribution >= 4 is 25.7 Å². The lowest BCUT2D eigenvalue weighted by atomic mass is 10.0. The van der Waals surface area contributed by atoms with E-state index < -0.39 is 51.1 Å². The van der Waals surface area contributed by atoms with E-state index in [-0.39, 0.29) is 19.4 Å². The Kier molecular flexibility index (Phi) is 32.3. The molecule has 0 saturated carbocycles. The van der Waals surface area contributed by atoms with Gasteiger partial charge in [-0.05, 0) is 44.9 Å². The van der Waals surface area contributed by atoms with Crippen molar-refractivity contribution in [3.63, 3.8) is 0 Å². The average molecular weight is 730 g/mol. The van der Waals surface area contributed by atoms with Crippen LogP contribution in [-0.2, 0) is 37.5 Å². The molecule has 290 valence electrons. The first kappa shape index (κ1) is 47.7. The van der Waals surface area contributed by atoms with E-state index in [2.05, 4.69) is 54.8 Å². The predicted molar refractivity (Wildman–Crippen MR) is 199 cm³/mol. The normalized spacial score (nSPS) is 14.3. The van der Waals surface area contributed by atoms with Gasteiger partial charge in [0.15, 0.2) is 6.10 Å². The van der Waals surface area contributed by atoms with Crippen molar-refractivity contribution in [2.75, 3.05) is 19.8 Å². The summed E-state index contributed by atoms with van der Waals surface area (Å²) in [5, 5.41) is 8.85. The van der Waals surface area contributed by atoms with Crippen molar-refractivity contribution in [1.82, 2.24) is 0 Å². The molecule has 0 heterocycles. The fraction of sp³-hybridized carbons (Fsp3) is 0.763. The van der Waals surface area contributed by atoms with Crippen LogP contribution in [0.1, 0.15) is 155 Å². The number of phosphoric acid groups is 1. The Labute approximate surface area is 302 Å². The smallest absolute Gasteiger partial charge is 0.472 e. The van der Waals surface area contributed by atoms with Gasteiger partial charge in [-0.3, -0.25) is 23.4 Å². The number of nitrogens with two attached hydrogens (primary N) is 1. The number of aliphatic carboxylic acids is 1. The molecule has 0 fully saturated rings. The Bertz CT molecular complexity index is 1000. The number of ether oxygens (including phenoxy) is 2. The van der Waals surface area contributed by atoms with Crippen molar-refractivity contribution in [1.29, 1.82) is 0 Å². The van der Waals surface area contributed by atoms with E-state index in [4.69, 9.17) is 24.8 Å². The summed E-state index contributed by atoms with van der Waals surface area (Å²) in [5.74, 6) is -2.42. The maximum absolute atomic E-state index is 12.5. The van der Waals surface area contributed by atoms with E-state index in [1.165, 1.54) is 57.8 Å². The van der Waals surface area contributed by atoms with E-state index in [9.17, 15) is 23.8 Å². The first-order valence-electron chi connectivity index (χ1n) is 19.0. The van der Waals surface area contributed by atoms with Gasteiger partial charge in [0.05, 0.1) is 13.2 Å². The molecular formula is C38H68NO10P. The van der Waals surface area contributed by atoms with Crippen LogP contribution in [-0.4, -0.2) is 59.9 Å². The largest absolute Gasteiger partial charge is 0.480 e. The summed E-state index contributed by atoms with van der Waals surface area (Å²) in [4.78, 5) is 45.7. The summed E-state index contributed by atoms with van der Waals surface area (Å²) >= 11 is 0. The number of hydrogen-bond acceptors (Lipinski definition) is 9. The molecule has 0 aromatic heterocycles. The standard InChI is InChI=1S/C38H68NO10P/c1-3-5-7-9-11-13-15-17-19-21-23-25-27-29-36(40)46-31-34(32-47-50(44,45)48-33-35(39)38(42)43)49-37(41)30-28-26-24-22-20-18-16-14-12-10-8-6-4-2/h6,8,12,14,18,20,34-35H,3-5,7,9-11,13,15-17,19,21-33,39H2,1-2H3,(H,42,43)(H,44,45)/b8-6-,14-12-,20-18-. The van der Waals surface area contributed by atoms with Gasteiger partial charge in [0.25, 0.3) is 0 Å². The number of allylic oxidation sites excluding steroid dienone is 6. The summed E-state index contributed by atoms with van der Waals surface area (Å²) in [5.41, 5.74) is 5.31. The first-order chi connectivity index (χ1) is 24.1. The van der Waals surface area contributed by atoms with Crippen molar-refractivity contribution in [2.24, 2.45) is 5.73 Å². The molecule has 50 heavy (non-hydrogen) atoms. The number of esters is 2. The molecule has 0 amide bonds. The van der Waals surface area contributed by atoms with E-state index in [0.717, 1.165) is 57.8 Å². The second-order valence-electron chi connectivity index (χ2n) is 12.7. The van der Waals surface area contributed by atoms with Gasteiger partial charge >= 0.3 is 25.7 Å². The zero-order valence-corrected chi connectivity index (χ0v) is 31.9. The van der Waals surface area contributed by atoms with Crippen molar-refractivity contribution in [3.05, 3.63) is 36.5 Å². The van der Waals surface area contributed by atoms with Gasteiger partial charge in [0, 0.05) is 12.8 Å². The maximum Gasteiger partial charge on any atom is 0.472 e. The Morgan fingerprint density at radius 1 is 0.640 bits per heavy atom. The molecule has 0 aliphatic heterocycles. The second kappa shape index (κ2) is 33.8. The summed E-state index contributed by atoms with van der Waals surface area (Å²) in [6.45, 7) is 2.63. The van der Waals surface area contributed by atoms with Crippen LogP contribution in [0.15, 0.2) is 36.5 Å². The van der Waals surface area contributed by atoms with Crippen molar-refractivity contribution in [2.45, 2.75) is 167 Å². The number of carboxylic acids is 1. The lowest BCUT2D eigenvalue weighted by molar-refractivity contribution is -0.161. The molecule has 11 nitrogen and oxygen atoms in total. The van der Waals surface area contributed by atoms with Gasteiger partial charge < -0.3 is 25.2 Å². The van der Waals surface area contributed by atoms with Crippen LogP contribution in [0.5, 0.6) is 0 Å². The minimum atomic E-state index is -4.71. The summed E-state index contributed by atoms with van der Waals surface area (Å²) in [6.07, 6.45) is 33.6. The number of carbonyl (C=O) groups excluding carboxylic acids is 2. The van der Waals surface area contributed by atoms with E-state index >= 15 is 0 Å². The van der Waals surface area contributed by atoms with Gasteiger partial charge in [-0.25, -0.2) is 4.57 Å². The van der Waals surface area contributed by atoms with E-state index in [0.29, 0.717) is 12.8 Å². The quantitative estimate of drug-likeness (QED) is 0.0246. The van der Waals surface area contributed by atoms with Crippen LogP contribution in [0.3, 0.4) is 0 Å². The summed E-state index contributed by atoms with van der Waals surface area (Å²) < 4.78 is 32.5. The van der Waals surface area contributed by atoms with Gasteiger partial charge in [-0.15, -0.1) is 0 Å². The van der Waals surface area contributed by atoms with Gasteiger partial charge in [0.1, 0.15) is 12.6 Å². The van der Waals surface area contributed by atoms with E-state index in [1.54, 1.807) is 0 Å². The minimum Gasteiger partial charge on any atom is -0.480 e. The average Bonchev–Trinajstić information content (AvgIpc) is 3.09. The SMILES string of the molecule is CC/C=C\C/C=C\C/C=C\CCCCCC(=O)OC(COC(=O)CCCCCCCCCCCCCCC)COP(=O)(O)OCC(N)C(=O)O. The molecule has 4 N–H and O–H groups in total. The molecule has 0 aliphatic carbocycles. The zero-order chi connectivity index (χ0) is 37.1. The monoisotopic (exact) mass is 729 g/mol. The highest BCUT2D eigenvalue weighted by atomic mass is 31.2. The molecule has 0 aliphatic rings. The number of hydrogen-bond donors (Lipinski definition) is 3. The summed E-state index contributed by atoms with van der Waals surface area (Å²) in [7, 11) is -4.71. The van der Waals surface area contributed by atoms with Crippen molar-refractivity contribution in [3.8, 4) is 0 Å². The van der Waals surface area contributed by atoms with Crippen LogP contribution in [0.4, 0.5) is 0 Å². The molecule has 12 heteroatoms. The van der Waals surface area contributed by atoms with Crippen LogP contribution in [0, 0.1) is 0 Å². The molecule has 3 unspecified atom stereocenters. The Balaban J connectivity index is 4.49. The van der Waals surface area contributed by atoms with Crippen LogP contribution in [0.25, 0.3) is 0 Å². The highest BCUT2D eigenvalue weighted by Gasteiger charge is 2.28.